The lowest BCUT2D eigenvalue weighted by molar-refractivity contribution is -0.133. The average Bonchev–Trinajstić information content (AvgIpc) is 2.80. The van der Waals surface area contributed by atoms with E-state index < -0.39 is 72.6 Å². The highest BCUT2D eigenvalue weighted by Gasteiger charge is 2.28. The van der Waals surface area contributed by atoms with E-state index in [4.69, 9.17) is 37.9 Å². The lowest BCUT2D eigenvalue weighted by Crippen LogP contribution is -2.56. The molecule has 1 aromatic carbocycles. The fourth-order valence-corrected chi connectivity index (χ4v) is 7.80. The summed E-state index contributed by atoms with van der Waals surface area (Å²) in [5.41, 5.74) is 2.08. The van der Waals surface area contributed by atoms with Gasteiger partial charge in [0.1, 0.15) is 12.1 Å². The molecular formula is C53H82N10O18S3. The quantitative estimate of drug-likeness (QED) is 0.0218. The maximum absolute atomic E-state index is 13.2. The van der Waals surface area contributed by atoms with Gasteiger partial charge in [-0.2, -0.15) is 12.6 Å². The fraction of sp³-hybridized carbons (Fsp3) is 0.623. The predicted molar refractivity (Wildman–Crippen MR) is 309 cm³/mol. The number of nitrogens with zero attached hydrogens (tertiary/aromatic N) is 4. The van der Waals surface area contributed by atoms with E-state index in [0.717, 1.165) is 18.9 Å². The minimum Gasteiger partial charge on any atom is -0.379 e. The van der Waals surface area contributed by atoms with Crippen LogP contribution in [0, 0.1) is 5.92 Å². The van der Waals surface area contributed by atoms with Gasteiger partial charge in [-0.3, -0.25) is 28.8 Å². The highest BCUT2D eigenvalue weighted by Crippen LogP contribution is 2.28. The van der Waals surface area contributed by atoms with Crippen LogP contribution in [0.3, 0.4) is 0 Å². The topological polar surface area (TPSA) is 368 Å². The maximum Gasteiger partial charge on any atom is 0.251 e. The summed E-state index contributed by atoms with van der Waals surface area (Å²) in [7, 11) is -7.29. The maximum atomic E-state index is 13.2. The van der Waals surface area contributed by atoms with Crippen molar-refractivity contribution in [1.82, 2.24) is 51.8 Å². The van der Waals surface area contributed by atoms with Crippen LogP contribution in [-0.2, 0) is 81.5 Å². The molecule has 0 saturated carbocycles. The van der Waals surface area contributed by atoms with Crippen LogP contribution in [0.4, 0.5) is 0 Å². The number of carbonyl (C=O) groups excluding carboxylic acids is 6. The predicted octanol–water partition coefficient (Wildman–Crippen LogP) is -0.247. The van der Waals surface area contributed by atoms with Gasteiger partial charge in [0.05, 0.1) is 119 Å². The van der Waals surface area contributed by atoms with Crippen molar-refractivity contribution in [1.29, 1.82) is 0 Å². The minimum atomic E-state index is -3.64. The fourth-order valence-electron chi connectivity index (χ4n) is 6.74. The van der Waals surface area contributed by atoms with Gasteiger partial charge in [0.15, 0.2) is 0 Å². The van der Waals surface area contributed by atoms with Crippen LogP contribution in [0.1, 0.15) is 57.8 Å². The Hall–Kier alpha value is -5.87. The van der Waals surface area contributed by atoms with Crippen LogP contribution in [0.2, 0.25) is 0 Å². The number of aromatic nitrogens is 4. The van der Waals surface area contributed by atoms with E-state index in [1.807, 2.05) is 13.8 Å². The van der Waals surface area contributed by atoms with Gasteiger partial charge in [-0.15, -0.1) is 0 Å². The molecule has 0 spiro atoms. The van der Waals surface area contributed by atoms with Gasteiger partial charge in [-0.25, -0.2) is 36.8 Å². The molecular weight excluding hydrogens is 1160 g/mol. The van der Waals surface area contributed by atoms with Crippen LogP contribution in [-0.4, -0.2) is 233 Å². The number of hydrogen-bond acceptors (Lipinski definition) is 23. The van der Waals surface area contributed by atoms with Crippen LogP contribution < -0.4 is 31.9 Å². The summed E-state index contributed by atoms with van der Waals surface area (Å²) in [5.74, 6) is -3.33. The Morgan fingerprint density at radius 3 is 1.31 bits per heavy atom. The van der Waals surface area contributed by atoms with E-state index in [1.165, 1.54) is 31.7 Å². The summed E-state index contributed by atoms with van der Waals surface area (Å²) in [5, 5.41) is 14.9. The van der Waals surface area contributed by atoms with Crippen molar-refractivity contribution in [3.63, 3.8) is 0 Å². The van der Waals surface area contributed by atoms with E-state index in [2.05, 4.69) is 64.5 Å². The van der Waals surface area contributed by atoms with E-state index in [0.29, 0.717) is 101 Å². The number of hydrogen-bond donors (Lipinski definition) is 7. The van der Waals surface area contributed by atoms with Crippen molar-refractivity contribution in [3.05, 3.63) is 48.5 Å². The molecule has 6 N–H and O–H groups in total. The number of nitrogens with one attached hydrogen (secondary N) is 6. The third kappa shape index (κ3) is 30.3. The summed E-state index contributed by atoms with van der Waals surface area (Å²) in [4.78, 5) is 91.3. The second-order valence-electron chi connectivity index (χ2n) is 19.4. The van der Waals surface area contributed by atoms with E-state index >= 15 is 0 Å². The molecule has 6 amide bonds. The number of ether oxygens (including phenoxy) is 8. The first-order valence-electron chi connectivity index (χ1n) is 27.1. The zero-order valence-corrected chi connectivity index (χ0v) is 51.3. The van der Waals surface area contributed by atoms with Crippen molar-refractivity contribution in [3.8, 4) is 22.3 Å². The Morgan fingerprint density at radius 2 is 0.905 bits per heavy atom. The molecule has 0 radical (unpaired) electrons. The van der Waals surface area contributed by atoms with Crippen molar-refractivity contribution < 1.29 is 83.5 Å². The average molecular weight is 1240 g/mol. The first-order chi connectivity index (χ1) is 39.9. The highest BCUT2D eigenvalue weighted by molar-refractivity contribution is 7.90. The molecule has 470 valence electrons. The number of carbonyl (C=O) groups is 6. The first kappa shape index (κ1) is 72.4. The Morgan fingerprint density at radius 1 is 0.512 bits per heavy atom. The molecule has 84 heavy (non-hydrogen) atoms. The molecule has 0 aliphatic heterocycles. The Kier molecular flexibility index (Phi) is 33.6. The van der Waals surface area contributed by atoms with Crippen LogP contribution in [0.5, 0.6) is 0 Å². The monoisotopic (exact) mass is 1240 g/mol. The van der Waals surface area contributed by atoms with Gasteiger partial charge in [0.25, 0.3) is 5.91 Å². The Labute approximate surface area is 496 Å². The van der Waals surface area contributed by atoms with Crippen LogP contribution in [0.15, 0.2) is 53.3 Å². The standard InChI is InChI=1S/C53H82N10O18S3/c1-8-53(5,82)36-61-48(67)38(4)62-50(69)47(37(2)3)63-46(66)35-56-45(65)34-55-44(64)9-11-74-13-15-76-17-19-78-21-23-80-25-26-81-24-22-79-20-18-77-16-14-75-12-10-54-49(68)41-28-39(42-30-57-51(58-31-42)83(6,70)71)27-40(29-41)43-32-59-52(60-33-43)84(7,72)73/h27-33,37-38,47,82H,8-26,34-36H2,1-7H3,(H,54,68)(H,55,64)(H,56,65)(H,61,67)(H,62,69)(H,63,66)/t38-,47-,53?/m0/s1. The van der Waals surface area contributed by atoms with Crippen molar-refractivity contribution >= 4 is 67.7 Å². The smallest absolute Gasteiger partial charge is 0.251 e. The third-order valence-electron chi connectivity index (χ3n) is 11.7. The largest absolute Gasteiger partial charge is 0.379 e. The van der Waals surface area contributed by atoms with Crippen molar-refractivity contribution in [2.75, 3.05) is 144 Å². The van der Waals surface area contributed by atoms with Crippen molar-refractivity contribution in [2.45, 2.75) is 74.6 Å². The molecule has 31 heteroatoms. The number of thiol groups is 1. The third-order valence-corrected chi connectivity index (χ3v) is 13.9. The number of sulfone groups is 2. The SMILES string of the molecule is CCC(C)(S)CNC(=O)[C@H](C)NC(=O)[C@@H](NC(=O)CNC(=O)CNC(=O)CCOCCOCCOCCOCCOCCOCCOCCOCCNC(=O)c1cc(-c2cnc(S(C)(=O)=O)nc2)cc(-c2cnc(S(C)(=O)=O)nc2)c1)C(C)C. The van der Waals surface area contributed by atoms with Gasteiger partial charge in [-0.1, -0.05) is 20.8 Å². The Bertz CT molecular complexity index is 2650. The molecule has 2 aromatic heterocycles. The summed E-state index contributed by atoms with van der Waals surface area (Å²) in [6.45, 7) is 13.6. The first-order valence-corrected chi connectivity index (χ1v) is 31.4. The zero-order chi connectivity index (χ0) is 62.0. The van der Waals surface area contributed by atoms with Gasteiger partial charge in [0, 0.05) is 78.2 Å². The van der Waals surface area contributed by atoms with Gasteiger partial charge < -0.3 is 69.8 Å². The number of benzene rings is 1. The second-order valence-corrected chi connectivity index (χ2v) is 24.3. The zero-order valence-electron chi connectivity index (χ0n) is 48.7. The molecule has 2 heterocycles. The molecule has 3 aromatic rings. The molecule has 0 saturated heterocycles. The van der Waals surface area contributed by atoms with E-state index in [-0.39, 0.29) is 80.2 Å². The van der Waals surface area contributed by atoms with Gasteiger partial charge >= 0.3 is 0 Å². The lowest BCUT2D eigenvalue weighted by Gasteiger charge is -2.25. The second kappa shape index (κ2) is 39.0. The minimum absolute atomic E-state index is 0.00372. The van der Waals surface area contributed by atoms with Crippen LogP contribution in [0.25, 0.3) is 22.3 Å². The molecule has 0 bridgehead atoms. The van der Waals surface area contributed by atoms with Crippen molar-refractivity contribution in [2.24, 2.45) is 5.92 Å². The molecule has 3 atom stereocenters. The molecule has 0 fully saturated rings. The molecule has 28 nitrogen and oxygen atoms in total. The van der Waals surface area contributed by atoms with Crippen LogP contribution >= 0.6 is 12.6 Å². The summed E-state index contributed by atoms with van der Waals surface area (Å²) >= 11 is 4.49. The van der Waals surface area contributed by atoms with Gasteiger partial charge in [0.2, 0.25) is 59.5 Å². The number of rotatable bonds is 44. The molecule has 0 aliphatic rings. The normalized spacial score (nSPS) is 13.1. The molecule has 3 rings (SSSR count). The van der Waals surface area contributed by atoms with Gasteiger partial charge in [-0.05, 0) is 55.5 Å². The Balaban J connectivity index is 1.10. The van der Waals surface area contributed by atoms with E-state index in [1.54, 1.807) is 32.0 Å². The van der Waals surface area contributed by atoms with E-state index in [9.17, 15) is 45.6 Å². The molecule has 0 aliphatic carbocycles. The summed E-state index contributed by atoms with van der Waals surface area (Å²) in [6, 6.07) is 3.05. The molecule has 1 unspecified atom stereocenters. The summed E-state index contributed by atoms with van der Waals surface area (Å²) in [6.07, 6.45) is 8.02. The summed E-state index contributed by atoms with van der Waals surface area (Å²) < 4.78 is 91.1. The lowest BCUT2D eigenvalue weighted by atomic mass is 9.98. The number of amides is 6. The highest BCUT2D eigenvalue weighted by atomic mass is 32.2.